The van der Waals surface area contributed by atoms with E-state index in [0.29, 0.717) is 20.7 Å². The molecular formula is C11H9ClO2S. The maximum Gasteiger partial charge on any atom is 0.160 e. The molecular weight excluding hydrogens is 232 g/mol. The van der Waals surface area contributed by atoms with Gasteiger partial charge in [0.15, 0.2) is 6.29 Å². The fourth-order valence-corrected chi connectivity index (χ4v) is 2.30. The molecule has 0 bridgehead atoms. The van der Waals surface area contributed by atoms with Gasteiger partial charge < -0.3 is 5.11 Å². The van der Waals surface area contributed by atoms with Crippen LogP contribution in [0.2, 0.25) is 4.34 Å². The van der Waals surface area contributed by atoms with Crippen LogP contribution in [0.4, 0.5) is 0 Å². The molecule has 1 saturated carbocycles. The van der Waals surface area contributed by atoms with E-state index in [1.807, 2.05) is 0 Å². The summed E-state index contributed by atoms with van der Waals surface area (Å²) >= 11 is 7.04. The van der Waals surface area contributed by atoms with E-state index in [-0.39, 0.29) is 0 Å². The maximum atomic E-state index is 10.5. The molecule has 1 atom stereocenters. The minimum absolute atomic E-state index is 0.440. The standard InChI is InChI=1S/C11H9ClO2S/c12-11-9(5-8(6-13)15-11)10(14)4-3-7-1-2-7/h5-7,10,14H,1-2H2. The van der Waals surface area contributed by atoms with Crippen LogP contribution < -0.4 is 0 Å². The van der Waals surface area contributed by atoms with E-state index in [1.165, 1.54) is 0 Å². The zero-order valence-electron chi connectivity index (χ0n) is 7.87. The molecule has 0 radical (unpaired) electrons. The Bertz CT molecular complexity index is 437. The summed E-state index contributed by atoms with van der Waals surface area (Å²) in [5.41, 5.74) is 0.539. The Morgan fingerprint density at radius 1 is 1.67 bits per heavy atom. The van der Waals surface area contributed by atoms with Crippen molar-refractivity contribution in [3.63, 3.8) is 0 Å². The van der Waals surface area contributed by atoms with Gasteiger partial charge in [-0.25, -0.2) is 0 Å². The van der Waals surface area contributed by atoms with Gasteiger partial charge in [0.25, 0.3) is 0 Å². The van der Waals surface area contributed by atoms with Crippen molar-refractivity contribution >= 4 is 29.2 Å². The number of rotatable bonds is 2. The van der Waals surface area contributed by atoms with E-state index >= 15 is 0 Å². The van der Waals surface area contributed by atoms with Crippen LogP contribution in [0, 0.1) is 17.8 Å². The van der Waals surface area contributed by atoms with Crippen molar-refractivity contribution < 1.29 is 9.90 Å². The predicted molar refractivity (Wildman–Crippen MR) is 60.2 cm³/mol. The zero-order chi connectivity index (χ0) is 10.8. The topological polar surface area (TPSA) is 37.3 Å². The highest BCUT2D eigenvalue weighted by Crippen LogP contribution is 2.32. The third-order valence-corrected chi connectivity index (χ3v) is 3.46. The Kier molecular flexibility index (Phi) is 3.11. The van der Waals surface area contributed by atoms with Crippen LogP contribution in [0.1, 0.15) is 34.2 Å². The van der Waals surface area contributed by atoms with Gasteiger partial charge in [0.05, 0.1) is 4.88 Å². The first-order valence-electron chi connectivity index (χ1n) is 4.64. The van der Waals surface area contributed by atoms with E-state index in [9.17, 15) is 9.90 Å². The predicted octanol–water partition coefficient (Wildman–Crippen LogP) is 2.66. The summed E-state index contributed by atoms with van der Waals surface area (Å²) in [5.74, 6) is 6.16. The lowest BCUT2D eigenvalue weighted by atomic mass is 10.2. The number of aliphatic hydroxyl groups is 1. The van der Waals surface area contributed by atoms with Crippen LogP contribution in [0.5, 0.6) is 0 Å². The lowest BCUT2D eigenvalue weighted by molar-refractivity contribution is 0.112. The quantitative estimate of drug-likeness (QED) is 0.638. The summed E-state index contributed by atoms with van der Waals surface area (Å²) in [6, 6.07) is 1.59. The van der Waals surface area contributed by atoms with Crippen LogP contribution in [-0.2, 0) is 0 Å². The van der Waals surface area contributed by atoms with Crippen molar-refractivity contribution in [2.45, 2.75) is 18.9 Å². The van der Waals surface area contributed by atoms with E-state index in [1.54, 1.807) is 6.07 Å². The molecule has 2 nitrogen and oxygen atoms in total. The molecule has 1 fully saturated rings. The van der Waals surface area contributed by atoms with Gasteiger partial charge in [0, 0.05) is 11.5 Å². The minimum Gasteiger partial charge on any atom is -0.376 e. The second-order valence-corrected chi connectivity index (χ2v) is 5.15. The minimum atomic E-state index is -0.872. The number of carbonyl (C=O) groups is 1. The van der Waals surface area contributed by atoms with Gasteiger partial charge in [-0.3, -0.25) is 4.79 Å². The Morgan fingerprint density at radius 3 is 2.93 bits per heavy atom. The van der Waals surface area contributed by atoms with Crippen LogP contribution >= 0.6 is 22.9 Å². The van der Waals surface area contributed by atoms with Gasteiger partial charge in [-0.15, -0.1) is 11.3 Å². The van der Waals surface area contributed by atoms with Crippen molar-refractivity contribution in [2.24, 2.45) is 5.92 Å². The van der Waals surface area contributed by atoms with Crippen LogP contribution in [0.15, 0.2) is 6.07 Å². The molecule has 0 spiro atoms. The third-order valence-electron chi connectivity index (χ3n) is 2.14. The Balaban J connectivity index is 2.17. The molecule has 0 saturated heterocycles. The second kappa shape index (κ2) is 4.36. The number of thiophene rings is 1. The monoisotopic (exact) mass is 240 g/mol. The normalized spacial score (nSPS) is 16.7. The molecule has 1 N–H and O–H groups in total. The van der Waals surface area contributed by atoms with Gasteiger partial charge >= 0.3 is 0 Å². The number of aldehydes is 1. The molecule has 1 heterocycles. The fourth-order valence-electron chi connectivity index (χ4n) is 1.15. The molecule has 2 rings (SSSR count). The lowest BCUT2D eigenvalue weighted by Gasteiger charge is -1.99. The van der Waals surface area contributed by atoms with E-state index in [2.05, 4.69) is 11.8 Å². The summed E-state index contributed by atoms with van der Waals surface area (Å²) in [6.45, 7) is 0. The highest BCUT2D eigenvalue weighted by molar-refractivity contribution is 7.17. The highest BCUT2D eigenvalue weighted by Gasteiger charge is 2.19. The zero-order valence-corrected chi connectivity index (χ0v) is 9.44. The molecule has 1 aliphatic carbocycles. The van der Waals surface area contributed by atoms with Gasteiger partial charge in [-0.1, -0.05) is 23.4 Å². The molecule has 0 amide bonds. The molecule has 15 heavy (non-hydrogen) atoms. The number of halogens is 1. The summed E-state index contributed by atoms with van der Waals surface area (Å²) in [7, 11) is 0. The van der Waals surface area contributed by atoms with Gasteiger partial charge in [-0.2, -0.15) is 0 Å². The number of aliphatic hydroxyl groups excluding tert-OH is 1. The van der Waals surface area contributed by atoms with Crippen LogP contribution in [0.3, 0.4) is 0 Å². The first-order chi connectivity index (χ1) is 7.20. The molecule has 0 aliphatic heterocycles. The van der Waals surface area contributed by atoms with E-state index < -0.39 is 6.10 Å². The smallest absolute Gasteiger partial charge is 0.160 e. The van der Waals surface area contributed by atoms with E-state index in [4.69, 9.17) is 11.6 Å². The van der Waals surface area contributed by atoms with Gasteiger partial charge in [0.2, 0.25) is 0 Å². The largest absolute Gasteiger partial charge is 0.376 e. The molecule has 1 unspecified atom stereocenters. The Labute approximate surface area is 96.9 Å². The molecule has 4 heteroatoms. The van der Waals surface area contributed by atoms with Crippen molar-refractivity contribution in [3.8, 4) is 11.8 Å². The first-order valence-corrected chi connectivity index (χ1v) is 5.83. The van der Waals surface area contributed by atoms with Gasteiger partial charge in [-0.05, 0) is 18.9 Å². The number of carbonyl (C=O) groups excluding carboxylic acids is 1. The first kappa shape index (κ1) is 10.7. The summed E-state index contributed by atoms with van der Waals surface area (Å²) < 4.78 is 0.440. The Hall–Kier alpha value is -0.820. The van der Waals surface area contributed by atoms with Crippen molar-refractivity contribution in [1.29, 1.82) is 0 Å². The average Bonchev–Trinajstić information content (AvgIpc) is 2.97. The summed E-state index contributed by atoms with van der Waals surface area (Å²) in [6.07, 6.45) is 2.09. The summed E-state index contributed by atoms with van der Waals surface area (Å²) in [4.78, 5) is 11.0. The number of hydrogen-bond donors (Lipinski definition) is 1. The molecule has 1 aromatic rings. The SMILES string of the molecule is O=Cc1cc(C(O)C#CC2CC2)c(Cl)s1. The third kappa shape index (κ3) is 2.60. The van der Waals surface area contributed by atoms with E-state index in [0.717, 1.165) is 30.5 Å². The number of hydrogen-bond acceptors (Lipinski definition) is 3. The molecule has 1 aliphatic rings. The van der Waals surface area contributed by atoms with Gasteiger partial charge in [0.1, 0.15) is 10.4 Å². The maximum absolute atomic E-state index is 10.5. The average molecular weight is 241 g/mol. The lowest BCUT2D eigenvalue weighted by Crippen LogP contribution is -1.91. The molecule has 78 valence electrons. The van der Waals surface area contributed by atoms with Crippen molar-refractivity contribution in [1.82, 2.24) is 0 Å². The Morgan fingerprint density at radius 2 is 2.40 bits per heavy atom. The van der Waals surface area contributed by atoms with Crippen LogP contribution in [-0.4, -0.2) is 11.4 Å². The molecule has 1 aromatic heterocycles. The van der Waals surface area contributed by atoms with Crippen molar-refractivity contribution in [2.75, 3.05) is 0 Å². The summed E-state index contributed by atoms with van der Waals surface area (Å²) in [5, 5.41) is 9.72. The van der Waals surface area contributed by atoms with Crippen molar-refractivity contribution in [3.05, 3.63) is 20.8 Å². The molecule has 0 aromatic carbocycles. The fraction of sp³-hybridized carbons (Fsp3) is 0.364. The second-order valence-electron chi connectivity index (χ2n) is 3.46. The van der Waals surface area contributed by atoms with Crippen LogP contribution in [0.25, 0.3) is 0 Å². The highest BCUT2D eigenvalue weighted by atomic mass is 35.5.